The molecular formula is C13H20N2O2S2. The monoisotopic (exact) mass is 300 g/mol. The molecule has 3 N–H and O–H groups in total. The first-order valence-corrected chi connectivity index (χ1v) is 9.15. The molecule has 1 fully saturated rings. The Morgan fingerprint density at radius 2 is 2.05 bits per heavy atom. The van der Waals surface area contributed by atoms with Crippen molar-refractivity contribution in [3.05, 3.63) is 23.8 Å². The summed E-state index contributed by atoms with van der Waals surface area (Å²) >= 11 is 1.87. The van der Waals surface area contributed by atoms with Crippen LogP contribution in [0.25, 0.3) is 0 Å². The second-order valence-electron chi connectivity index (χ2n) is 4.72. The molecule has 0 aromatic heterocycles. The highest BCUT2D eigenvalue weighted by Crippen LogP contribution is 2.21. The largest absolute Gasteiger partial charge is 0.398 e. The van der Waals surface area contributed by atoms with Crippen molar-refractivity contribution in [2.24, 2.45) is 0 Å². The van der Waals surface area contributed by atoms with Crippen LogP contribution in [0.2, 0.25) is 0 Å². The summed E-state index contributed by atoms with van der Waals surface area (Å²) in [4.78, 5) is 0.264. The lowest BCUT2D eigenvalue weighted by molar-refractivity contribution is 0.529. The van der Waals surface area contributed by atoms with E-state index in [1.54, 1.807) is 18.2 Å². The molecular weight excluding hydrogens is 280 g/mol. The van der Waals surface area contributed by atoms with Crippen LogP contribution in [0.1, 0.15) is 25.3 Å². The normalized spacial score (nSPS) is 17.5. The molecule has 0 amide bonds. The number of aryl methyl sites for hydroxylation is 1. The van der Waals surface area contributed by atoms with Crippen LogP contribution in [0.4, 0.5) is 5.69 Å². The van der Waals surface area contributed by atoms with E-state index in [-0.39, 0.29) is 10.9 Å². The zero-order valence-corrected chi connectivity index (χ0v) is 12.7. The van der Waals surface area contributed by atoms with E-state index in [2.05, 4.69) is 4.72 Å². The minimum absolute atomic E-state index is 0.0540. The van der Waals surface area contributed by atoms with E-state index < -0.39 is 10.0 Å². The molecule has 0 unspecified atom stereocenters. The van der Waals surface area contributed by atoms with Crippen molar-refractivity contribution in [1.82, 2.24) is 4.72 Å². The van der Waals surface area contributed by atoms with Crippen molar-refractivity contribution in [3.8, 4) is 0 Å². The molecule has 0 saturated carbocycles. The molecule has 2 rings (SSSR count). The van der Waals surface area contributed by atoms with E-state index in [1.165, 1.54) is 0 Å². The maximum atomic E-state index is 12.3. The molecule has 1 aliphatic heterocycles. The summed E-state index contributed by atoms with van der Waals surface area (Å²) in [6.07, 6.45) is 2.60. The Morgan fingerprint density at radius 1 is 1.37 bits per heavy atom. The standard InChI is InChI=1S/C13H20N2O2S2/c1-2-10-3-4-12(9-13(10)14)19(16,17)15-11-5-7-18-8-6-11/h3-4,9,11,15H,2,5-8,14H2,1H3. The maximum absolute atomic E-state index is 12.3. The van der Waals surface area contributed by atoms with E-state index in [1.807, 2.05) is 18.7 Å². The van der Waals surface area contributed by atoms with Crippen LogP contribution in [-0.2, 0) is 16.4 Å². The fourth-order valence-electron chi connectivity index (χ4n) is 2.17. The third-order valence-electron chi connectivity index (χ3n) is 3.35. The van der Waals surface area contributed by atoms with Crippen molar-refractivity contribution < 1.29 is 8.42 Å². The van der Waals surface area contributed by atoms with E-state index >= 15 is 0 Å². The fourth-order valence-corrected chi connectivity index (χ4v) is 4.61. The van der Waals surface area contributed by atoms with Gasteiger partial charge < -0.3 is 5.73 Å². The van der Waals surface area contributed by atoms with Gasteiger partial charge >= 0.3 is 0 Å². The van der Waals surface area contributed by atoms with Gasteiger partial charge in [0, 0.05) is 11.7 Å². The van der Waals surface area contributed by atoms with Gasteiger partial charge in [-0.15, -0.1) is 0 Å². The van der Waals surface area contributed by atoms with E-state index in [4.69, 9.17) is 5.73 Å². The van der Waals surface area contributed by atoms with Gasteiger partial charge in [0.2, 0.25) is 10.0 Å². The summed E-state index contributed by atoms with van der Waals surface area (Å²) in [6.45, 7) is 2.00. The molecule has 19 heavy (non-hydrogen) atoms. The van der Waals surface area contributed by atoms with Crippen LogP contribution in [0.3, 0.4) is 0 Å². The van der Waals surface area contributed by atoms with Crippen LogP contribution in [-0.4, -0.2) is 26.0 Å². The minimum atomic E-state index is -3.45. The molecule has 0 spiro atoms. The molecule has 1 heterocycles. The summed E-state index contributed by atoms with van der Waals surface area (Å²) in [6, 6.07) is 5.03. The molecule has 0 atom stereocenters. The fraction of sp³-hybridized carbons (Fsp3) is 0.538. The zero-order chi connectivity index (χ0) is 13.9. The first-order valence-electron chi connectivity index (χ1n) is 6.51. The predicted octanol–water partition coefficient (Wildman–Crippen LogP) is 2.01. The third-order valence-corrected chi connectivity index (χ3v) is 5.92. The number of hydrogen-bond donors (Lipinski definition) is 2. The van der Waals surface area contributed by atoms with Crippen molar-refractivity contribution in [2.75, 3.05) is 17.2 Å². The molecule has 1 aromatic carbocycles. The summed E-state index contributed by atoms with van der Waals surface area (Å²) < 4.78 is 27.3. The number of benzene rings is 1. The molecule has 1 aromatic rings. The van der Waals surface area contributed by atoms with E-state index in [0.717, 1.165) is 36.3 Å². The van der Waals surface area contributed by atoms with Crippen LogP contribution >= 0.6 is 11.8 Å². The predicted molar refractivity (Wildman–Crippen MR) is 80.9 cm³/mol. The van der Waals surface area contributed by atoms with Crippen molar-refractivity contribution in [1.29, 1.82) is 0 Å². The summed E-state index contributed by atoms with van der Waals surface area (Å²) in [5.41, 5.74) is 7.39. The lowest BCUT2D eigenvalue weighted by Crippen LogP contribution is -2.37. The molecule has 6 heteroatoms. The Hall–Kier alpha value is -0.720. The number of nitrogens with one attached hydrogen (secondary N) is 1. The Labute approximate surface area is 119 Å². The average molecular weight is 300 g/mol. The summed E-state index contributed by atoms with van der Waals surface area (Å²) in [5, 5.41) is 0. The average Bonchev–Trinajstić information content (AvgIpc) is 2.39. The number of anilines is 1. The first kappa shape index (κ1) is 14.7. The van der Waals surface area contributed by atoms with E-state index in [9.17, 15) is 8.42 Å². The number of thioether (sulfide) groups is 1. The van der Waals surface area contributed by atoms with Crippen molar-refractivity contribution >= 4 is 27.5 Å². The maximum Gasteiger partial charge on any atom is 0.240 e. The molecule has 1 saturated heterocycles. The van der Waals surface area contributed by atoms with Gasteiger partial charge in [-0.05, 0) is 48.5 Å². The third kappa shape index (κ3) is 3.64. The molecule has 0 radical (unpaired) electrons. The highest BCUT2D eigenvalue weighted by atomic mass is 32.2. The SMILES string of the molecule is CCc1ccc(S(=O)(=O)NC2CCSCC2)cc1N. The Bertz CT molecular complexity index is 538. The second-order valence-corrected chi connectivity index (χ2v) is 7.66. The van der Waals surface area contributed by atoms with Gasteiger partial charge in [-0.1, -0.05) is 13.0 Å². The molecule has 106 valence electrons. The van der Waals surface area contributed by atoms with E-state index in [0.29, 0.717) is 5.69 Å². The first-order chi connectivity index (χ1) is 9.03. The highest BCUT2D eigenvalue weighted by molar-refractivity contribution is 7.99. The smallest absolute Gasteiger partial charge is 0.240 e. The number of nitrogen functional groups attached to an aromatic ring is 1. The Kier molecular flexibility index (Phi) is 4.76. The van der Waals surface area contributed by atoms with Crippen molar-refractivity contribution in [3.63, 3.8) is 0 Å². The van der Waals surface area contributed by atoms with Gasteiger partial charge in [0.15, 0.2) is 0 Å². The number of sulfonamides is 1. The van der Waals surface area contributed by atoms with Crippen LogP contribution in [0.15, 0.2) is 23.1 Å². The van der Waals surface area contributed by atoms with Crippen LogP contribution in [0, 0.1) is 0 Å². The van der Waals surface area contributed by atoms with Crippen molar-refractivity contribution in [2.45, 2.75) is 37.1 Å². The Morgan fingerprint density at radius 3 is 2.63 bits per heavy atom. The Balaban J connectivity index is 2.16. The van der Waals surface area contributed by atoms with Gasteiger partial charge in [0.25, 0.3) is 0 Å². The van der Waals surface area contributed by atoms with Gasteiger partial charge in [-0.2, -0.15) is 11.8 Å². The molecule has 1 aliphatic rings. The van der Waals surface area contributed by atoms with Gasteiger partial charge in [-0.25, -0.2) is 13.1 Å². The van der Waals surface area contributed by atoms with Crippen LogP contribution < -0.4 is 10.5 Å². The number of rotatable bonds is 4. The van der Waals surface area contributed by atoms with Gasteiger partial charge in [0.1, 0.15) is 0 Å². The van der Waals surface area contributed by atoms with Gasteiger partial charge in [0.05, 0.1) is 4.90 Å². The summed E-state index contributed by atoms with van der Waals surface area (Å²) in [7, 11) is -3.45. The minimum Gasteiger partial charge on any atom is -0.398 e. The molecule has 0 bridgehead atoms. The number of hydrogen-bond acceptors (Lipinski definition) is 4. The zero-order valence-electron chi connectivity index (χ0n) is 11.1. The van der Waals surface area contributed by atoms with Crippen LogP contribution in [0.5, 0.6) is 0 Å². The summed E-state index contributed by atoms with van der Waals surface area (Å²) in [5.74, 6) is 2.04. The topological polar surface area (TPSA) is 72.2 Å². The molecule has 4 nitrogen and oxygen atoms in total. The lowest BCUT2D eigenvalue weighted by Gasteiger charge is -2.22. The second kappa shape index (κ2) is 6.15. The molecule has 0 aliphatic carbocycles. The van der Waals surface area contributed by atoms with Gasteiger partial charge in [-0.3, -0.25) is 0 Å². The lowest BCUT2D eigenvalue weighted by atomic mass is 10.1. The quantitative estimate of drug-likeness (QED) is 0.834. The highest BCUT2D eigenvalue weighted by Gasteiger charge is 2.22. The number of nitrogens with two attached hydrogens (primary N) is 1.